The van der Waals surface area contributed by atoms with Crippen LogP contribution in [0.3, 0.4) is 0 Å². The van der Waals surface area contributed by atoms with Crippen LogP contribution in [-0.4, -0.2) is 36.5 Å². The highest BCUT2D eigenvalue weighted by atomic mass is 16.2. The maximum Gasteiger partial charge on any atom is 0.251 e. The van der Waals surface area contributed by atoms with Crippen molar-refractivity contribution in [3.63, 3.8) is 0 Å². The average molecular weight is 400 g/mol. The van der Waals surface area contributed by atoms with Gasteiger partial charge in [0, 0.05) is 22.3 Å². The van der Waals surface area contributed by atoms with Crippen LogP contribution in [0.15, 0.2) is 84.9 Å². The fourth-order valence-electron chi connectivity index (χ4n) is 2.75. The van der Waals surface area contributed by atoms with E-state index >= 15 is 0 Å². The molecule has 2 amide bonds. The minimum atomic E-state index is -0.407. The molecule has 6 heteroatoms. The Kier molecular flexibility index (Phi) is 6.84. The van der Waals surface area contributed by atoms with Crippen LogP contribution in [0.5, 0.6) is 0 Å². The van der Waals surface area contributed by atoms with Gasteiger partial charge in [-0.15, -0.1) is 0 Å². The molecule has 0 aromatic heterocycles. The van der Waals surface area contributed by atoms with Crippen LogP contribution in [0.1, 0.15) is 41.4 Å². The summed E-state index contributed by atoms with van der Waals surface area (Å²) >= 11 is 0. The van der Waals surface area contributed by atoms with Gasteiger partial charge in [-0.2, -0.15) is 0 Å². The molecule has 6 nitrogen and oxygen atoms in total. The standard InChI is InChI=1S/C24H20N2O4/c27-21(17-7-3-1-4-8-17)15-26-24(30)20-13-11-18(12-14-20)22(28)16-25-23(29)19-9-5-2-6-10-19/h1-14H,15-16H2,(H,25,29)(H,26,30). The number of Topliss-reactive ketones (excluding diaryl/α,β-unsaturated/α-hetero) is 2. The van der Waals surface area contributed by atoms with Gasteiger partial charge in [0.15, 0.2) is 11.6 Å². The highest BCUT2D eigenvalue weighted by Crippen LogP contribution is 2.06. The first-order valence-electron chi connectivity index (χ1n) is 9.37. The maximum absolute atomic E-state index is 12.3. The van der Waals surface area contributed by atoms with Gasteiger partial charge in [0.05, 0.1) is 13.1 Å². The molecule has 0 aliphatic carbocycles. The molecule has 0 unspecified atom stereocenters. The molecule has 0 atom stereocenters. The number of benzene rings is 3. The van der Waals surface area contributed by atoms with E-state index in [4.69, 9.17) is 0 Å². The van der Waals surface area contributed by atoms with Crippen LogP contribution in [0.2, 0.25) is 0 Å². The zero-order valence-corrected chi connectivity index (χ0v) is 16.1. The molecular weight excluding hydrogens is 380 g/mol. The first-order valence-corrected chi connectivity index (χ1v) is 9.37. The third kappa shape index (κ3) is 5.48. The van der Waals surface area contributed by atoms with E-state index in [2.05, 4.69) is 10.6 Å². The smallest absolute Gasteiger partial charge is 0.251 e. The molecule has 30 heavy (non-hydrogen) atoms. The van der Waals surface area contributed by atoms with E-state index in [9.17, 15) is 19.2 Å². The molecule has 0 saturated heterocycles. The topological polar surface area (TPSA) is 92.3 Å². The zero-order chi connectivity index (χ0) is 21.3. The summed E-state index contributed by atoms with van der Waals surface area (Å²) in [6.45, 7) is -0.264. The lowest BCUT2D eigenvalue weighted by Gasteiger charge is -2.07. The van der Waals surface area contributed by atoms with Gasteiger partial charge in [-0.25, -0.2) is 0 Å². The molecule has 3 rings (SSSR count). The molecule has 150 valence electrons. The Balaban J connectivity index is 1.51. The first-order chi connectivity index (χ1) is 14.5. The normalized spacial score (nSPS) is 10.1. The summed E-state index contributed by atoms with van der Waals surface area (Å²) in [5, 5.41) is 5.15. The summed E-state index contributed by atoms with van der Waals surface area (Å²) in [5.74, 6) is -1.20. The quantitative estimate of drug-likeness (QED) is 0.569. The lowest BCUT2D eigenvalue weighted by Crippen LogP contribution is -2.30. The van der Waals surface area contributed by atoms with Crippen LogP contribution in [0.25, 0.3) is 0 Å². The van der Waals surface area contributed by atoms with E-state index in [1.807, 2.05) is 6.07 Å². The van der Waals surface area contributed by atoms with Gasteiger partial charge >= 0.3 is 0 Å². The van der Waals surface area contributed by atoms with Gasteiger partial charge in [0.2, 0.25) is 0 Å². The summed E-state index contributed by atoms with van der Waals surface area (Å²) in [6, 6.07) is 23.4. The fourth-order valence-corrected chi connectivity index (χ4v) is 2.75. The molecule has 0 bridgehead atoms. The molecule has 0 heterocycles. The van der Waals surface area contributed by atoms with Crippen molar-refractivity contribution >= 4 is 23.4 Å². The van der Waals surface area contributed by atoms with Crippen LogP contribution in [0, 0.1) is 0 Å². The van der Waals surface area contributed by atoms with E-state index in [1.54, 1.807) is 54.6 Å². The van der Waals surface area contributed by atoms with Gasteiger partial charge in [0.1, 0.15) is 0 Å². The van der Waals surface area contributed by atoms with E-state index in [0.29, 0.717) is 22.3 Å². The molecular formula is C24H20N2O4. The van der Waals surface area contributed by atoms with E-state index in [1.165, 1.54) is 24.3 Å². The number of carbonyl (C=O) groups excluding carboxylic acids is 4. The molecule has 0 fully saturated rings. The zero-order valence-electron chi connectivity index (χ0n) is 16.1. The third-order valence-electron chi connectivity index (χ3n) is 4.42. The Hall–Kier alpha value is -4.06. The van der Waals surface area contributed by atoms with Crippen LogP contribution in [0.4, 0.5) is 0 Å². The number of rotatable bonds is 8. The molecule has 2 N–H and O–H groups in total. The van der Waals surface area contributed by atoms with Gasteiger partial charge in [-0.1, -0.05) is 60.7 Å². The summed E-state index contributed by atoms with van der Waals surface area (Å²) in [7, 11) is 0. The Bertz CT molecular complexity index is 959. The van der Waals surface area contributed by atoms with Crippen molar-refractivity contribution in [3.05, 3.63) is 107 Å². The van der Waals surface area contributed by atoms with Gasteiger partial charge in [-0.05, 0) is 24.3 Å². The number of carbonyl (C=O) groups is 4. The largest absolute Gasteiger partial charge is 0.345 e. The van der Waals surface area contributed by atoms with Crippen molar-refractivity contribution in [2.45, 2.75) is 0 Å². The Morgan fingerprint density at radius 3 is 1.27 bits per heavy atom. The van der Waals surface area contributed by atoms with Crippen molar-refractivity contribution in [2.75, 3.05) is 13.1 Å². The second kappa shape index (κ2) is 9.93. The number of nitrogens with one attached hydrogen (secondary N) is 2. The van der Waals surface area contributed by atoms with E-state index in [-0.39, 0.29) is 30.6 Å². The highest BCUT2D eigenvalue weighted by molar-refractivity contribution is 6.04. The van der Waals surface area contributed by atoms with E-state index < -0.39 is 5.91 Å². The van der Waals surface area contributed by atoms with Crippen molar-refractivity contribution in [3.8, 4) is 0 Å². The molecule has 0 spiro atoms. The SMILES string of the molecule is O=C(CNC(=O)c1ccccc1)c1ccc(C(=O)NCC(=O)c2ccccc2)cc1. The van der Waals surface area contributed by atoms with Crippen molar-refractivity contribution in [1.29, 1.82) is 0 Å². The molecule has 0 aliphatic heterocycles. The number of amides is 2. The molecule has 0 saturated carbocycles. The summed E-state index contributed by atoms with van der Waals surface area (Å²) in [6.07, 6.45) is 0. The summed E-state index contributed by atoms with van der Waals surface area (Å²) in [4.78, 5) is 48.6. The number of hydrogen-bond acceptors (Lipinski definition) is 4. The maximum atomic E-state index is 12.3. The minimum absolute atomic E-state index is 0.116. The second-order valence-electron chi connectivity index (χ2n) is 6.52. The Morgan fingerprint density at radius 1 is 0.467 bits per heavy atom. The Morgan fingerprint density at radius 2 is 0.800 bits per heavy atom. The summed E-state index contributed by atoms with van der Waals surface area (Å²) in [5.41, 5.74) is 1.71. The minimum Gasteiger partial charge on any atom is -0.345 e. The molecule has 0 aliphatic rings. The monoisotopic (exact) mass is 400 g/mol. The van der Waals surface area contributed by atoms with Crippen LogP contribution in [-0.2, 0) is 0 Å². The van der Waals surface area contributed by atoms with Crippen molar-refractivity contribution in [2.24, 2.45) is 0 Å². The molecule has 3 aromatic carbocycles. The van der Waals surface area contributed by atoms with Gasteiger partial charge in [0.25, 0.3) is 11.8 Å². The van der Waals surface area contributed by atoms with Crippen LogP contribution >= 0.6 is 0 Å². The lowest BCUT2D eigenvalue weighted by molar-refractivity contribution is 0.0902. The van der Waals surface area contributed by atoms with Crippen molar-refractivity contribution in [1.82, 2.24) is 10.6 Å². The van der Waals surface area contributed by atoms with Gasteiger partial charge in [-0.3, -0.25) is 19.2 Å². The van der Waals surface area contributed by atoms with Crippen molar-refractivity contribution < 1.29 is 19.2 Å². The number of hydrogen-bond donors (Lipinski definition) is 2. The molecule has 0 radical (unpaired) electrons. The van der Waals surface area contributed by atoms with Crippen LogP contribution < -0.4 is 10.6 Å². The number of ketones is 2. The highest BCUT2D eigenvalue weighted by Gasteiger charge is 2.12. The third-order valence-corrected chi connectivity index (χ3v) is 4.42. The lowest BCUT2D eigenvalue weighted by atomic mass is 10.1. The van der Waals surface area contributed by atoms with E-state index in [0.717, 1.165) is 0 Å². The Labute approximate surface area is 173 Å². The first kappa shape index (κ1) is 20.7. The predicted octanol–water partition coefficient (Wildman–Crippen LogP) is 2.91. The summed E-state index contributed by atoms with van der Waals surface area (Å²) < 4.78 is 0. The van der Waals surface area contributed by atoms with Gasteiger partial charge < -0.3 is 10.6 Å². The fraction of sp³-hybridized carbons (Fsp3) is 0.0833. The average Bonchev–Trinajstić information content (AvgIpc) is 2.81. The predicted molar refractivity (Wildman–Crippen MR) is 113 cm³/mol. The second-order valence-corrected chi connectivity index (χ2v) is 6.52. The molecule has 3 aromatic rings.